The van der Waals surface area contributed by atoms with Crippen LogP contribution in [0, 0.1) is 17.8 Å². The Morgan fingerprint density at radius 1 is 1.32 bits per heavy atom. The lowest BCUT2D eigenvalue weighted by Gasteiger charge is -2.34. The van der Waals surface area contributed by atoms with Crippen LogP contribution in [0.15, 0.2) is 35.4 Å². The predicted octanol–water partition coefficient (Wildman–Crippen LogP) is 2.50. The lowest BCUT2D eigenvalue weighted by molar-refractivity contribution is -0.121. The molecule has 2 amide bonds. The maximum atomic E-state index is 11.8. The van der Waals surface area contributed by atoms with Gasteiger partial charge in [-0.25, -0.2) is 10.2 Å². The summed E-state index contributed by atoms with van der Waals surface area (Å²) in [6, 6.07) is 9.56. The number of hydrogen-bond acceptors (Lipinski definition) is 3. The van der Waals surface area contributed by atoms with Crippen LogP contribution < -0.4 is 11.2 Å². The van der Waals surface area contributed by atoms with Crippen LogP contribution in [0.3, 0.4) is 0 Å². The molecule has 0 aliphatic heterocycles. The quantitative estimate of drug-likeness (QED) is 0.837. The fourth-order valence-electron chi connectivity index (χ4n) is 3.12. The second-order valence-electron chi connectivity index (χ2n) is 6.07. The number of urea groups is 1. The SMILES string of the molecule is CC(=O)[C@@H]1C/C(=N\NC(N)=O)[C@H](C)[C@H](Cc2ccccc2)C1. The van der Waals surface area contributed by atoms with Crippen molar-refractivity contribution >= 4 is 17.5 Å². The Hall–Kier alpha value is -2.17. The summed E-state index contributed by atoms with van der Waals surface area (Å²) in [7, 11) is 0. The third kappa shape index (κ3) is 4.16. The van der Waals surface area contributed by atoms with Gasteiger partial charge >= 0.3 is 6.03 Å². The molecule has 0 saturated heterocycles. The number of carbonyl (C=O) groups is 2. The van der Waals surface area contributed by atoms with Gasteiger partial charge in [-0.3, -0.25) is 4.79 Å². The Bertz CT molecular complexity index is 569. The zero-order chi connectivity index (χ0) is 16.1. The zero-order valence-corrected chi connectivity index (χ0v) is 13.1. The molecule has 1 aromatic carbocycles. The number of Topliss-reactive ketones (excluding diaryl/α,β-unsaturated/α-hetero) is 1. The van der Waals surface area contributed by atoms with E-state index in [0.717, 1.165) is 18.6 Å². The summed E-state index contributed by atoms with van der Waals surface area (Å²) >= 11 is 0. The van der Waals surface area contributed by atoms with Crippen molar-refractivity contribution in [1.82, 2.24) is 5.43 Å². The molecule has 118 valence electrons. The molecule has 22 heavy (non-hydrogen) atoms. The van der Waals surface area contributed by atoms with Crippen LogP contribution >= 0.6 is 0 Å². The van der Waals surface area contributed by atoms with Gasteiger partial charge in [-0.05, 0) is 43.6 Å². The summed E-state index contributed by atoms with van der Waals surface area (Å²) in [4.78, 5) is 22.7. The smallest absolute Gasteiger partial charge is 0.332 e. The number of primary amides is 1. The van der Waals surface area contributed by atoms with E-state index in [9.17, 15) is 9.59 Å². The Balaban J connectivity index is 2.18. The molecule has 0 aromatic heterocycles. The fourth-order valence-corrected chi connectivity index (χ4v) is 3.12. The summed E-state index contributed by atoms with van der Waals surface area (Å²) in [5.41, 5.74) is 9.50. The number of carbonyl (C=O) groups excluding carboxylic acids is 2. The maximum absolute atomic E-state index is 11.8. The van der Waals surface area contributed by atoms with Crippen molar-refractivity contribution in [1.29, 1.82) is 0 Å². The van der Waals surface area contributed by atoms with E-state index < -0.39 is 6.03 Å². The van der Waals surface area contributed by atoms with E-state index in [4.69, 9.17) is 5.73 Å². The number of hydrazone groups is 1. The molecule has 1 fully saturated rings. The molecule has 0 bridgehead atoms. The lowest BCUT2D eigenvalue weighted by atomic mass is 9.70. The second kappa shape index (κ2) is 7.20. The van der Waals surface area contributed by atoms with Gasteiger partial charge in [-0.2, -0.15) is 5.10 Å². The van der Waals surface area contributed by atoms with E-state index in [1.807, 2.05) is 18.2 Å². The first-order valence-corrected chi connectivity index (χ1v) is 7.63. The second-order valence-corrected chi connectivity index (χ2v) is 6.07. The van der Waals surface area contributed by atoms with Gasteiger partial charge in [-0.15, -0.1) is 0 Å². The van der Waals surface area contributed by atoms with Crippen molar-refractivity contribution in [2.75, 3.05) is 0 Å². The van der Waals surface area contributed by atoms with Gasteiger partial charge in [0.1, 0.15) is 5.78 Å². The molecular weight excluding hydrogens is 278 g/mol. The van der Waals surface area contributed by atoms with Crippen molar-refractivity contribution in [2.45, 2.75) is 33.1 Å². The highest BCUT2D eigenvalue weighted by molar-refractivity contribution is 5.93. The molecule has 3 N–H and O–H groups in total. The van der Waals surface area contributed by atoms with Crippen LogP contribution in [0.1, 0.15) is 32.3 Å². The minimum atomic E-state index is -0.677. The van der Waals surface area contributed by atoms with E-state index in [0.29, 0.717) is 12.3 Å². The van der Waals surface area contributed by atoms with Crippen molar-refractivity contribution in [2.24, 2.45) is 28.6 Å². The summed E-state index contributed by atoms with van der Waals surface area (Å²) in [5.74, 6) is 0.691. The minimum absolute atomic E-state index is 0.0293. The molecule has 5 nitrogen and oxygen atoms in total. The summed E-state index contributed by atoms with van der Waals surface area (Å²) in [6.45, 7) is 3.73. The van der Waals surface area contributed by atoms with Gasteiger partial charge in [-0.1, -0.05) is 37.3 Å². The first kappa shape index (κ1) is 16.2. The first-order chi connectivity index (χ1) is 10.5. The minimum Gasteiger partial charge on any atom is -0.350 e. The largest absolute Gasteiger partial charge is 0.350 e. The van der Waals surface area contributed by atoms with Crippen molar-refractivity contribution in [3.63, 3.8) is 0 Å². The molecule has 1 aliphatic rings. The maximum Gasteiger partial charge on any atom is 0.332 e. The zero-order valence-electron chi connectivity index (χ0n) is 13.1. The standard InChI is InChI=1S/C17H23N3O2/c1-11-14(8-13-6-4-3-5-7-13)9-15(12(2)21)10-16(11)19-20-17(18)22/h3-7,11,14-15H,8-10H2,1-2H3,(H3,18,20,22)/b19-16+/t11-,14-,15+/m1/s1. The summed E-state index contributed by atoms with van der Waals surface area (Å²) in [5, 5.41) is 4.13. The summed E-state index contributed by atoms with van der Waals surface area (Å²) in [6.07, 6.45) is 2.37. The topological polar surface area (TPSA) is 84.6 Å². The first-order valence-electron chi connectivity index (χ1n) is 7.63. The molecule has 0 radical (unpaired) electrons. The molecule has 0 spiro atoms. The number of amides is 2. The number of nitrogens with one attached hydrogen (secondary N) is 1. The van der Waals surface area contributed by atoms with Gasteiger partial charge in [0.05, 0.1) is 0 Å². The number of nitrogens with two attached hydrogens (primary N) is 1. The molecule has 0 heterocycles. The fraction of sp³-hybridized carbons (Fsp3) is 0.471. The Morgan fingerprint density at radius 2 is 2.00 bits per heavy atom. The summed E-state index contributed by atoms with van der Waals surface area (Å²) < 4.78 is 0. The Kier molecular flexibility index (Phi) is 5.31. The molecule has 3 atom stereocenters. The van der Waals surface area contributed by atoms with Gasteiger partial charge in [0, 0.05) is 11.6 Å². The van der Waals surface area contributed by atoms with E-state index >= 15 is 0 Å². The number of nitrogens with zero attached hydrogens (tertiary/aromatic N) is 1. The van der Waals surface area contributed by atoms with Crippen LogP contribution in [-0.2, 0) is 11.2 Å². The normalized spacial score (nSPS) is 26.6. The van der Waals surface area contributed by atoms with Crippen molar-refractivity contribution in [3.05, 3.63) is 35.9 Å². The Labute approximate surface area is 131 Å². The van der Waals surface area contributed by atoms with Crippen molar-refractivity contribution in [3.8, 4) is 0 Å². The number of hydrogen-bond donors (Lipinski definition) is 2. The van der Waals surface area contributed by atoms with E-state index in [-0.39, 0.29) is 17.6 Å². The molecule has 5 heteroatoms. The van der Waals surface area contributed by atoms with Crippen LogP contribution in [0.25, 0.3) is 0 Å². The van der Waals surface area contributed by atoms with Crippen LogP contribution in [0.4, 0.5) is 4.79 Å². The van der Waals surface area contributed by atoms with Crippen LogP contribution in [0.2, 0.25) is 0 Å². The third-order valence-electron chi connectivity index (χ3n) is 4.50. The highest BCUT2D eigenvalue weighted by atomic mass is 16.2. The third-order valence-corrected chi connectivity index (χ3v) is 4.50. The van der Waals surface area contributed by atoms with Gasteiger partial charge in [0.25, 0.3) is 0 Å². The highest BCUT2D eigenvalue weighted by Gasteiger charge is 2.34. The van der Waals surface area contributed by atoms with Crippen LogP contribution in [0.5, 0.6) is 0 Å². The molecule has 2 rings (SSSR count). The van der Waals surface area contributed by atoms with Gasteiger partial charge in [0.15, 0.2) is 0 Å². The monoisotopic (exact) mass is 301 g/mol. The predicted molar refractivity (Wildman–Crippen MR) is 86.4 cm³/mol. The van der Waals surface area contributed by atoms with Gasteiger partial charge < -0.3 is 5.73 Å². The van der Waals surface area contributed by atoms with Crippen molar-refractivity contribution < 1.29 is 9.59 Å². The van der Waals surface area contributed by atoms with E-state index in [2.05, 4.69) is 29.6 Å². The molecule has 0 unspecified atom stereocenters. The van der Waals surface area contributed by atoms with E-state index in [1.165, 1.54) is 5.56 Å². The number of ketones is 1. The molecular formula is C17H23N3O2. The lowest BCUT2D eigenvalue weighted by Crippen LogP contribution is -2.37. The van der Waals surface area contributed by atoms with Gasteiger partial charge in [0.2, 0.25) is 0 Å². The average molecular weight is 301 g/mol. The number of benzene rings is 1. The molecule has 1 aromatic rings. The van der Waals surface area contributed by atoms with E-state index in [1.54, 1.807) is 6.92 Å². The number of rotatable bonds is 4. The average Bonchev–Trinajstić information content (AvgIpc) is 2.48. The molecule has 1 saturated carbocycles. The van der Waals surface area contributed by atoms with Crippen LogP contribution in [-0.4, -0.2) is 17.5 Å². The Morgan fingerprint density at radius 3 is 2.59 bits per heavy atom. The highest BCUT2D eigenvalue weighted by Crippen LogP contribution is 2.34. The molecule has 1 aliphatic carbocycles.